The Hall–Kier alpha value is -1.36. The van der Waals surface area contributed by atoms with Gasteiger partial charge in [-0.15, -0.1) is 0 Å². The van der Waals surface area contributed by atoms with E-state index in [-0.39, 0.29) is 18.1 Å². The molecule has 3 nitrogen and oxygen atoms in total. The lowest BCUT2D eigenvalue weighted by Gasteiger charge is -2.08. The molecule has 0 saturated carbocycles. The van der Waals surface area contributed by atoms with Crippen LogP contribution in [0.1, 0.15) is 5.56 Å². The zero-order chi connectivity index (χ0) is 10.4. The molecular weight excluding hydrogens is 194 g/mol. The van der Waals surface area contributed by atoms with Gasteiger partial charge < -0.3 is 14.6 Å². The maximum atomic E-state index is 11.9. The lowest BCUT2D eigenvalue weighted by Crippen LogP contribution is -1.97. The van der Waals surface area contributed by atoms with Gasteiger partial charge in [-0.3, -0.25) is 0 Å². The number of ether oxygens (including phenoxy) is 2. The van der Waals surface area contributed by atoms with Crippen molar-refractivity contribution in [3.63, 3.8) is 0 Å². The fraction of sp³-hybridized carbons (Fsp3) is 0.333. The molecule has 0 aliphatic rings. The lowest BCUT2D eigenvalue weighted by atomic mass is 10.2. The zero-order valence-electron chi connectivity index (χ0n) is 7.37. The Bertz CT molecular complexity index is 291. The predicted octanol–water partition coefficient (Wildman–Crippen LogP) is 1.79. The summed E-state index contributed by atoms with van der Waals surface area (Å²) < 4.78 is 32.8. The molecule has 78 valence electrons. The van der Waals surface area contributed by atoms with Crippen LogP contribution in [0.2, 0.25) is 0 Å². The topological polar surface area (TPSA) is 38.7 Å². The maximum absolute atomic E-state index is 11.9. The third-order valence-corrected chi connectivity index (χ3v) is 1.64. The Morgan fingerprint density at radius 1 is 1.14 bits per heavy atom. The highest BCUT2D eigenvalue weighted by molar-refractivity contribution is 5.40. The summed E-state index contributed by atoms with van der Waals surface area (Å²) in [5.41, 5.74) is 0.425. The third-order valence-electron chi connectivity index (χ3n) is 1.64. The molecule has 0 atom stereocenters. The van der Waals surface area contributed by atoms with E-state index in [1.165, 1.54) is 18.2 Å². The van der Waals surface area contributed by atoms with Gasteiger partial charge >= 0.3 is 0 Å². The van der Waals surface area contributed by atoms with E-state index in [1.54, 1.807) is 0 Å². The van der Waals surface area contributed by atoms with Crippen molar-refractivity contribution in [3.05, 3.63) is 23.8 Å². The molecule has 1 rings (SSSR count). The summed E-state index contributed by atoms with van der Waals surface area (Å²) in [4.78, 5) is 0. The molecular formula is C9H10F2O3. The summed E-state index contributed by atoms with van der Waals surface area (Å²) in [6, 6.07) is 4.27. The van der Waals surface area contributed by atoms with Crippen LogP contribution in [0.5, 0.6) is 11.5 Å². The van der Waals surface area contributed by atoms with Crippen molar-refractivity contribution in [3.8, 4) is 11.5 Å². The molecule has 0 unspecified atom stereocenters. The monoisotopic (exact) mass is 204 g/mol. The van der Waals surface area contributed by atoms with Crippen molar-refractivity contribution in [1.29, 1.82) is 0 Å². The highest BCUT2D eigenvalue weighted by Gasteiger charge is 2.05. The lowest BCUT2D eigenvalue weighted by molar-refractivity contribution is 0.177. The van der Waals surface area contributed by atoms with Crippen molar-refractivity contribution >= 4 is 0 Å². The minimum absolute atomic E-state index is 0.154. The van der Waals surface area contributed by atoms with Crippen LogP contribution in [-0.2, 0) is 6.61 Å². The first-order chi connectivity index (χ1) is 6.81. The van der Waals surface area contributed by atoms with Crippen molar-refractivity contribution in [2.45, 2.75) is 6.61 Å². The van der Waals surface area contributed by atoms with Gasteiger partial charge in [-0.05, 0) is 12.1 Å². The first kappa shape index (κ1) is 10.7. The quantitative estimate of drug-likeness (QED) is 0.794. The Morgan fingerprint density at radius 2 is 1.86 bits per heavy atom. The Balaban J connectivity index is 2.88. The standard InChI is InChI=1S/C9H10F2O3/c10-5-13-8-2-1-7(4-12)9(3-8)14-6-11/h1-3,12H,4-6H2. The van der Waals surface area contributed by atoms with Crippen molar-refractivity contribution in [2.75, 3.05) is 13.7 Å². The first-order valence-corrected chi connectivity index (χ1v) is 3.93. The Morgan fingerprint density at radius 3 is 2.43 bits per heavy atom. The molecule has 0 fully saturated rings. The number of alkyl halides is 2. The summed E-state index contributed by atoms with van der Waals surface area (Å²) >= 11 is 0. The summed E-state index contributed by atoms with van der Waals surface area (Å²) in [6.45, 7) is -2.25. The van der Waals surface area contributed by atoms with Gasteiger partial charge in [-0.2, -0.15) is 0 Å². The van der Waals surface area contributed by atoms with Gasteiger partial charge in [-0.1, -0.05) is 0 Å². The van der Waals surface area contributed by atoms with Crippen molar-refractivity contribution in [2.24, 2.45) is 0 Å². The number of halogens is 2. The molecule has 0 spiro atoms. The second-order valence-electron chi connectivity index (χ2n) is 2.43. The molecule has 1 aromatic carbocycles. The van der Waals surface area contributed by atoms with E-state index >= 15 is 0 Å². The van der Waals surface area contributed by atoms with Crippen LogP contribution in [0.4, 0.5) is 8.78 Å². The van der Waals surface area contributed by atoms with E-state index in [9.17, 15) is 8.78 Å². The predicted molar refractivity (Wildman–Crippen MR) is 45.6 cm³/mol. The third kappa shape index (κ3) is 2.56. The van der Waals surface area contributed by atoms with Gasteiger partial charge in [0.1, 0.15) is 11.5 Å². The van der Waals surface area contributed by atoms with Crippen molar-refractivity contribution in [1.82, 2.24) is 0 Å². The van der Waals surface area contributed by atoms with Crippen LogP contribution in [0, 0.1) is 0 Å². The number of aliphatic hydroxyl groups is 1. The van der Waals surface area contributed by atoms with Crippen molar-refractivity contribution < 1.29 is 23.4 Å². The average molecular weight is 204 g/mol. The molecule has 0 aliphatic heterocycles. The van der Waals surface area contributed by atoms with E-state index in [1.807, 2.05) is 0 Å². The van der Waals surface area contributed by atoms with Gasteiger partial charge in [0.2, 0.25) is 13.7 Å². The van der Waals surface area contributed by atoms with Crippen LogP contribution in [0.25, 0.3) is 0 Å². The van der Waals surface area contributed by atoms with E-state index in [4.69, 9.17) is 5.11 Å². The van der Waals surface area contributed by atoms with E-state index in [2.05, 4.69) is 9.47 Å². The molecule has 0 aromatic heterocycles. The average Bonchev–Trinajstić information content (AvgIpc) is 2.19. The Kier molecular flexibility index (Phi) is 4.12. The summed E-state index contributed by atoms with van der Waals surface area (Å²) in [6.07, 6.45) is 0. The van der Waals surface area contributed by atoms with Crippen LogP contribution < -0.4 is 9.47 Å². The largest absolute Gasteiger partial charge is 0.463 e. The minimum Gasteiger partial charge on any atom is -0.463 e. The van der Waals surface area contributed by atoms with Crippen LogP contribution >= 0.6 is 0 Å². The molecule has 0 bridgehead atoms. The maximum Gasteiger partial charge on any atom is 0.228 e. The summed E-state index contributed by atoms with van der Waals surface area (Å²) in [5, 5.41) is 8.85. The number of rotatable bonds is 5. The smallest absolute Gasteiger partial charge is 0.228 e. The van der Waals surface area contributed by atoms with Gasteiger partial charge in [-0.25, -0.2) is 8.78 Å². The van der Waals surface area contributed by atoms with Gasteiger partial charge in [0.05, 0.1) is 6.61 Å². The minimum atomic E-state index is -1.01. The number of aliphatic hydroxyl groups excluding tert-OH is 1. The van der Waals surface area contributed by atoms with E-state index in [0.717, 1.165) is 0 Å². The second-order valence-corrected chi connectivity index (χ2v) is 2.43. The summed E-state index contributed by atoms with van der Waals surface area (Å²) in [5.74, 6) is 0.383. The van der Waals surface area contributed by atoms with Crippen LogP contribution in [0.15, 0.2) is 18.2 Å². The molecule has 0 radical (unpaired) electrons. The molecule has 0 aliphatic carbocycles. The molecule has 0 heterocycles. The fourth-order valence-corrected chi connectivity index (χ4v) is 1.01. The first-order valence-electron chi connectivity index (χ1n) is 3.93. The van der Waals surface area contributed by atoms with Gasteiger partial charge in [0, 0.05) is 11.6 Å². The number of hydrogen-bond acceptors (Lipinski definition) is 3. The zero-order valence-corrected chi connectivity index (χ0v) is 7.37. The van der Waals surface area contributed by atoms with Gasteiger partial charge in [0.25, 0.3) is 0 Å². The second kappa shape index (κ2) is 5.39. The summed E-state index contributed by atoms with van der Waals surface area (Å²) in [7, 11) is 0. The number of hydrogen-bond donors (Lipinski definition) is 1. The van der Waals surface area contributed by atoms with Gasteiger partial charge in [0.15, 0.2) is 0 Å². The molecule has 1 N–H and O–H groups in total. The molecule has 0 amide bonds. The highest BCUT2D eigenvalue weighted by atomic mass is 19.1. The number of benzene rings is 1. The van der Waals surface area contributed by atoms with E-state index in [0.29, 0.717) is 5.56 Å². The molecule has 5 heteroatoms. The SMILES string of the molecule is OCc1ccc(OCF)cc1OCF. The van der Waals surface area contributed by atoms with Crippen LogP contribution in [-0.4, -0.2) is 18.8 Å². The molecule has 0 saturated heterocycles. The fourth-order valence-electron chi connectivity index (χ4n) is 1.01. The Labute approximate surface area is 79.9 Å². The molecule has 14 heavy (non-hydrogen) atoms. The van der Waals surface area contributed by atoms with Crippen LogP contribution in [0.3, 0.4) is 0 Å². The molecule has 1 aromatic rings. The normalized spacial score (nSPS) is 9.93. The van der Waals surface area contributed by atoms with E-state index < -0.39 is 13.7 Å². The highest BCUT2D eigenvalue weighted by Crippen LogP contribution is 2.25.